The van der Waals surface area contributed by atoms with Crippen LogP contribution in [0.1, 0.15) is 52.9 Å². The van der Waals surface area contributed by atoms with Gasteiger partial charge in [0.25, 0.3) is 0 Å². The van der Waals surface area contributed by atoms with Crippen molar-refractivity contribution in [2.24, 2.45) is 5.92 Å². The summed E-state index contributed by atoms with van der Waals surface area (Å²) in [6, 6.07) is 0.769. The largest absolute Gasteiger partial charge is 0.444 e. The van der Waals surface area contributed by atoms with E-state index >= 15 is 0 Å². The number of fused-ring (bicyclic) bond motifs is 2. The summed E-state index contributed by atoms with van der Waals surface area (Å²) >= 11 is 0. The lowest BCUT2D eigenvalue weighted by Crippen LogP contribution is -2.48. The summed E-state index contributed by atoms with van der Waals surface area (Å²) in [5, 5.41) is 0. The third kappa shape index (κ3) is 3.62. The fourth-order valence-electron chi connectivity index (χ4n) is 3.42. The summed E-state index contributed by atoms with van der Waals surface area (Å²) < 4.78 is 10.7. The first kappa shape index (κ1) is 14.6. The minimum atomic E-state index is -0.399. The number of piperidine rings is 1. The van der Waals surface area contributed by atoms with Crippen molar-refractivity contribution in [2.45, 2.75) is 70.6 Å². The molecule has 19 heavy (non-hydrogen) atoms. The molecule has 2 saturated heterocycles. The maximum absolute atomic E-state index is 12.3. The number of rotatable bonds is 3. The van der Waals surface area contributed by atoms with Gasteiger partial charge in [-0.1, -0.05) is 0 Å². The van der Waals surface area contributed by atoms with Crippen LogP contribution in [0.4, 0.5) is 4.79 Å². The number of nitrogens with zero attached hydrogens (tertiary/aromatic N) is 1. The van der Waals surface area contributed by atoms with Gasteiger partial charge < -0.3 is 14.4 Å². The molecule has 0 N–H and O–H groups in total. The molecule has 1 unspecified atom stereocenters. The lowest BCUT2D eigenvalue weighted by atomic mass is 9.88. The monoisotopic (exact) mass is 269 g/mol. The van der Waals surface area contributed by atoms with Crippen LogP contribution in [-0.4, -0.2) is 42.4 Å². The Morgan fingerprint density at radius 2 is 1.79 bits per heavy atom. The van der Waals surface area contributed by atoms with Gasteiger partial charge in [0.15, 0.2) is 0 Å². The molecule has 0 aliphatic carbocycles. The zero-order valence-corrected chi connectivity index (χ0v) is 12.6. The highest BCUT2D eigenvalue weighted by Crippen LogP contribution is 2.40. The second-order valence-electron chi connectivity index (χ2n) is 6.89. The Hall–Kier alpha value is -0.770. The molecule has 0 spiro atoms. The molecule has 2 rings (SSSR count). The lowest BCUT2D eigenvalue weighted by Gasteiger charge is -2.39. The third-order valence-corrected chi connectivity index (χ3v) is 4.17. The van der Waals surface area contributed by atoms with E-state index in [1.807, 2.05) is 25.7 Å². The molecule has 2 aliphatic rings. The van der Waals surface area contributed by atoms with Crippen molar-refractivity contribution in [3.05, 3.63) is 0 Å². The van der Waals surface area contributed by atoms with Crippen LogP contribution in [-0.2, 0) is 9.47 Å². The van der Waals surface area contributed by atoms with Crippen molar-refractivity contribution in [1.82, 2.24) is 4.90 Å². The fourth-order valence-corrected chi connectivity index (χ4v) is 3.42. The van der Waals surface area contributed by atoms with Crippen molar-refractivity contribution in [3.63, 3.8) is 0 Å². The smallest absolute Gasteiger partial charge is 0.410 e. The molecule has 0 aromatic rings. The van der Waals surface area contributed by atoms with E-state index in [1.165, 1.54) is 0 Å². The van der Waals surface area contributed by atoms with Crippen LogP contribution in [0, 0.1) is 5.92 Å². The zero-order valence-electron chi connectivity index (χ0n) is 12.6. The summed E-state index contributed by atoms with van der Waals surface area (Å²) in [6.45, 7) is 6.62. The number of carbonyl (C=O) groups is 1. The molecule has 110 valence electrons. The van der Waals surface area contributed by atoms with Crippen LogP contribution in [0.2, 0.25) is 0 Å². The van der Waals surface area contributed by atoms with E-state index in [0.717, 1.165) is 38.7 Å². The van der Waals surface area contributed by atoms with Gasteiger partial charge in [0.1, 0.15) is 5.60 Å². The molecule has 2 aliphatic heterocycles. The van der Waals surface area contributed by atoms with Crippen LogP contribution < -0.4 is 0 Å². The summed E-state index contributed by atoms with van der Waals surface area (Å²) in [4.78, 5) is 14.3. The van der Waals surface area contributed by atoms with Gasteiger partial charge in [0, 0.05) is 25.8 Å². The Bertz CT molecular complexity index is 310. The molecule has 4 heteroatoms. The summed E-state index contributed by atoms with van der Waals surface area (Å²) in [7, 11) is 1.75. The number of hydrogen-bond donors (Lipinski definition) is 0. The molecule has 2 bridgehead atoms. The fraction of sp³-hybridized carbons (Fsp3) is 0.933. The van der Waals surface area contributed by atoms with Crippen molar-refractivity contribution in [2.75, 3.05) is 13.7 Å². The standard InChI is InChI=1S/C15H27NO3/c1-15(2,3)19-14(17)16-12-5-6-13(16)10-11(9-12)7-8-18-4/h11-13H,5-10H2,1-4H3/t11?,12-,13+. The first-order valence-corrected chi connectivity index (χ1v) is 7.41. The van der Waals surface area contributed by atoms with E-state index in [9.17, 15) is 4.79 Å². The van der Waals surface area contributed by atoms with Gasteiger partial charge in [-0.3, -0.25) is 0 Å². The SMILES string of the molecule is COCCC1C[C@H]2CC[C@@H](C1)N2C(=O)OC(C)(C)C. The van der Waals surface area contributed by atoms with E-state index in [4.69, 9.17) is 9.47 Å². The molecule has 2 fully saturated rings. The zero-order chi connectivity index (χ0) is 14.0. The van der Waals surface area contributed by atoms with Gasteiger partial charge in [-0.25, -0.2) is 4.79 Å². The summed E-state index contributed by atoms with van der Waals surface area (Å²) in [6.07, 6.45) is 5.48. The summed E-state index contributed by atoms with van der Waals surface area (Å²) in [5.41, 5.74) is -0.399. The molecule has 0 aromatic carbocycles. The Kier molecular flexibility index (Phi) is 4.39. The van der Waals surface area contributed by atoms with Gasteiger partial charge in [-0.2, -0.15) is 0 Å². The highest BCUT2D eigenvalue weighted by atomic mass is 16.6. The Balaban J connectivity index is 1.93. The predicted octanol–water partition coefficient (Wildman–Crippen LogP) is 3.20. The molecular weight excluding hydrogens is 242 g/mol. The normalized spacial score (nSPS) is 30.5. The van der Waals surface area contributed by atoms with E-state index < -0.39 is 5.60 Å². The highest BCUT2D eigenvalue weighted by molar-refractivity contribution is 5.69. The highest BCUT2D eigenvalue weighted by Gasteiger charge is 2.44. The number of methoxy groups -OCH3 is 1. The minimum Gasteiger partial charge on any atom is -0.444 e. The second kappa shape index (κ2) is 5.70. The lowest BCUT2D eigenvalue weighted by molar-refractivity contribution is 0.000278. The van der Waals surface area contributed by atoms with Crippen molar-refractivity contribution in [3.8, 4) is 0 Å². The van der Waals surface area contributed by atoms with E-state index in [-0.39, 0.29) is 6.09 Å². The number of carbonyl (C=O) groups excluding carboxylic acids is 1. The first-order chi connectivity index (χ1) is 8.90. The molecule has 0 saturated carbocycles. The third-order valence-electron chi connectivity index (χ3n) is 4.17. The van der Waals surface area contributed by atoms with Crippen molar-refractivity contribution >= 4 is 6.09 Å². The quantitative estimate of drug-likeness (QED) is 0.789. The van der Waals surface area contributed by atoms with Gasteiger partial charge in [-0.05, 0) is 58.8 Å². The van der Waals surface area contributed by atoms with Gasteiger partial charge in [0.2, 0.25) is 0 Å². The number of hydrogen-bond acceptors (Lipinski definition) is 3. The van der Waals surface area contributed by atoms with Crippen molar-refractivity contribution in [1.29, 1.82) is 0 Å². The van der Waals surface area contributed by atoms with Crippen LogP contribution in [0.25, 0.3) is 0 Å². The number of ether oxygens (including phenoxy) is 2. The molecule has 1 amide bonds. The maximum atomic E-state index is 12.3. The van der Waals surface area contributed by atoms with Gasteiger partial charge in [-0.15, -0.1) is 0 Å². The Morgan fingerprint density at radius 3 is 2.26 bits per heavy atom. The molecule has 0 aromatic heterocycles. The van der Waals surface area contributed by atoms with Gasteiger partial charge in [0.05, 0.1) is 0 Å². The minimum absolute atomic E-state index is 0.120. The second-order valence-corrected chi connectivity index (χ2v) is 6.89. The van der Waals surface area contributed by atoms with Crippen LogP contribution in [0.3, 0.4) is 0 Å². The first-order valence-electron chi connectivity index (χ1n) is 7.41. The van der Waals surface area contributed by atoms with Gasteiger partial charge >= 0.3 is 6.09 Å². The summed E-state index contributed by atoms with van der Waals surface area (Å²) in [5.74, 6) is 0.705. The predicted molar refractivity (Wildman–Crippen MR) is 74.1 cm³/mol. The van der Waals surface area contributed by atoms with E-state index in [2.05, 4.69) is 0 Å². The molecular formula is C15H27NO3. The molecule has 3 atom stereocenters. The number of amides is 1. The van der Waals surface area contributed by atoms with Crippen LogP contribution >= 0.6 is 0 Å². The average Bonchev–Trinajstić information content (AvgIpc) is 2.56. The van der Waals surface area contributed by atoms with E-state index in [1.54, 1.807) is 7.11 Å². The Morgan fingerprint density at radius 1 is 1.21 bits per heavy atom. The van der Waals surface area contributed by atoms with Crippen LogP contribution in [0.5, 0.6) is 0 Å². The maximum Gasteiger partial charge on any atom is 0.410 e. The van der Waals surface area contributed by atoms with Crippen molar-refractivity contribution < 1.29 is 14.3 Å². The topological polar surface area (TPSA) is 38.8 Å². The molecule has 0 radical (unpaired) electrons. The molecule has 2 heterocycles. The molecule has 4 nitrogen and oxygen atoms in total. The van der Waals surface area contributed by atoms with Crippen LogP contribution in [0.15, 0.2) is 0 Å². The average molecular weight is 269 g/mol. The van der Waals surface area contributed by atoms with E-state index in [0.29, 0.717) is 18.0 Å². The Labute approximate surface area is 116 Å².